The molecule has 21 heteroatoms. The largest absolute Gasteiger partial charge is 0.457 e. The van der Waals surface area contributed by atoms with Crippen LogP contribution in [0.25, 0.3) is 31.8 Å². The molecule has 0 unspecified atom stereocenters. The van der Waals surface area contributed by atoms with Gasteiger partial charge in [-0.15, -0.1) is 11.3 Å². The number of ether oxygens (including phenoxy) is 2. The summed E-state index contributed by atoms with van der Waals surface area (Å²) in [4.78, 5) is 88.1. The number of fused-ring (bicyclic) bond motifs is 2. The topological polar surface area (TPSA) is 205 Å². The second-order valence-corrected chi connectivity index (χ2v) is 26.7. The van der Waals surface area contributed by atoms with Gasteiger partial charge in [-0.05, 0) is 147 Å². The van der Waals surface area contributed by atoms with Gasteiger partial charge in [0.15, 0.2) is 10.8 Å². The van der Waals surface area contributed by atoms with Crippen molar-refractivity contribution in [3.05, 3.63) is 172 Å². The summed E-state index contributed by atoms with van der Waals surface area (Å²) in [6, 6.07) is 33.2. The summed E-state index contributed by atoms with van der Waals surface area (Å²) >= 11 is 2.92. The summed E-state index contributed by atoms with van der Waals surface area (Å²) in [5.74, 6) is -4.06. The van der Waals surface area contributed by atoms with Crippen molar-refractivity contribution >= 4 is 73.4 Å². The Morgan fingerprint density at radius 1 is 0.820 bits per heavy atom. The summed E-state index contributed by atoms with van der Waals surface area (Å²) in [6.07, 6.45) is -6.85. The summed E-state index contributed by atoms with van der Waals surface area (Å²) in [5, 5.41) is 19.8. The molecular weight excluding hydrogens is 1180 g/mol. The highest BCUT2D eigenvalue weighted by Crippen LogP contribution is 2.39. The lowest BCUT2D eigenvalue weighted by molar-refractivity contribution is -0.179. The van der Waals surface area contributed by atoms with Gasteiger partial charge < -0.3 is 35.0 Å². The smallest absolute Gasteiger partial charge is 0.392 e. The van der Waals surface area contributed by atoms with Gasteiger partial charge in [-0.1, -0.05) is 105 Å². The molecule has 2 aliphatic heterocycles. The normalized spacial score (nSPS) is 16.3. The molecule has 5 heterocycles. The third-order valence-electron chi connectivity index (χ3n) is 16.0. The second-order valence-electron chi connectivity index (χ2n) is 24.8. The number of rotatable bonds is 17. The Morgan fingerprint density at radius 3 is 2.24 bits per heavy atom. The molecule has 3 aromatic heterocycles. The molecule has 5 aromatic carbocycles. The first-order chi connectivity index (χ1) is 42.2. The molecule has 4 N–H and O–H groups in total. The highest BCUT2D eigenvalue weighted by atomic mass is 32.1. The number of carbonyl (C=O) groups is 5. The highest BCUT2D eigenvalue weighted by Gasteiger charge is 2.46. The van der Waals surface area contributed by atoms with Crippen LogP contribution in [0.1, 0.15) is 122 Å². The lowest BCUT2D eigenvalue weighted by Gasteiger charge is -2.36. The van der Waals surface area contributed by atoms with Crippen LogP contribution in [0, 0.1) is 25.2 Å². The van der Waals surface area contributed by atoms with E-state index in [4.69, 9.17) is 14.5 Å². The molecule has 16 nitrogen and oxygen atoms in total. The van der Waals surface area contributed by atoms with Crippen LogP contribution in [-0.4, -0.2) is 97.6 Å². The van der Waals surface area contributed by atoms with Crippen LogP contribution in [0.15, 0.2) is 127 Å². The molecule has 0 radical (unpaired) electrons. The zero-order valence-corrected chi connectivity index (χ0v) is 52.6. The van der Waals surface area contributed by atoms with E-state index in [9.17, 15) is 42.3 Å². The van der Waals surface area contributed by atoms with E-state index in [1.807, 2.05) is 97.6 Å². The number of thiazole rings is 2. The third-order valence-corrected chi connectivity index (χ3v) is 17.9. The second kappa shape index (κ2) is 25.9. The van der Waals surface area contributed by atoms with Crippen molar-refractivity contribution < 1.29 is 51.7 Å². The molecule has 8 aromatic rings. The number of aliphatic hydroxyl groups is 1. The predicted octanol–water partition coefficient (Wildman–Crippen LogP) is 13.1. The SMILES string of the molecule is Cc1ncsc1-c1ccc([C@H](C)NC(=O)[C@@H]2C[C@@H](O)CN2C(=O)[C@@H](NC(=O)C[C@H](Cc2ccc(Oc3cccc(-c4ccc(N5CCc6cccc(C(=O)Nc7nc8ccccc8s7)c6C5)nc4C(=O)OC(C)(C)C)c3C)cc2)C(F)(F)F)C(C)(C)C)cc1. The number of esters is 1. The fourth-order valence-electron chi connectivity index (χ4n) is 11.3. The van der Waals surface area contributed by atoms with E-state index in [-0.39, 0.29) is 30.1 Å². The van der Waals surface area contributed by atoms with E-state index < -0.39 is 83.9 Å². The number of nitrogens with one attached hydrogen (secondary N) is 3. The number of amides is 4. The fourth-order valence-corrected chi connectivity index (χ4v) is 13.0. The van der Waals surface area contributed by atoms with Gasteiger partial charge in [-0.25, -0.2) is 19.7 Å². The number of likely N-dealkylation sites (tertiary alicyclic amines) is 1. The van der Waals surface area contributed by atoms with Crippen LogP contribution >= 0.6 is 22.7 Å². The van der Waals surface area contributed by atoms with Crippen molar-refractivity contribution in [2.24, 2.45) is 11.3 Å². The Morgan fingerprint density at radius 2 is 1.55 bits per heavy atom. The van der Waals surface area contributed by atoms with Gasteiger partial charge in [-0.3, -0.25) is 24.5 Å². The van der Waals surface area contributed by atoms with E-state index >= 15 is 0 Å². The van der Waals surface area contributed by atoms with Gasteiger partial charge in [0, 0.05) is 43.6 Å². The Hall–Kier alpha value is -8.53. The van der Waals surface area contributed by atoms with Crippen molar-refractivity contribution in [1.82, 2.24) is 30.5 Å². The molecule has 5 atom stereocenters. The molecule has 0 bridgehead atoms. The zero-order valence-electron chi connectivity index (χ0n) is 51.0. The summed E-state index contributed by atoms with van der Waals surface area (Å²) < 4.78 is 57.9. The van der Waals surface area contributed by atoms with Crippen molar-refractivity contribution in [3.63, 3.8) is 0 Å². The van der Waals surface area contributed by atoms with Gasteiger partial charge in [0.1, 0.15) is 35.0 Å². The van der Waals surface area contributed by atoms with Crippen molar-refractivity contribution in [1.29, 1.82) is 0 Å². The van der Waals surface area contributed by atoms with Crippen LogP contribution in [0.5, 0.6) is 11.5 Å². The molecule has 464 valence electrons. The quantitative estimate of drug-likeness (QED) is 0.0629. The molecule has 1 fully saturated rings. The van der Waals surface area contributed by atoms with Crippen LogP contribution in [0.4, 0.5) is 24.1 Å². The number of aryl methyl sites for hydroxylation is 1. The maximum atomic E-state index is 14.9. The Balaban J connectivity index is 0.801. The number of β-amino-alcohol motifs (C(OH)–C–C–N with tert-alkyl or cyclic N) is 1. The van der Waals surface area contributed by atoms with Crippen molar-refractivity contribution in [2.75, 3.05) is 23.3 Å². The van der Waals surface area contributed by atoms with E-state index in [0.29, 0.717) is 64.2 Å². The number of hydrogen-bond donors (Lipinski definition) is 4. The number of benzene rings is 5. The maximum Gasteiger partial charge on any atom is 0.392 e. The number of nitrogens with zero attached hydrogens (tertiary/aromatic N) is 5. The van der Waals surface area contributed by atoms with E-state index in [0.717, 1.165) is 43.0 Å². The van der Waals surface area contributed by atoms with Crippen LogP contribution < -0.4 is 25.6 Å². The van der Waals surface area contributed by atoms with Gasteiger partial charge >= 0.3 is 12.1 Å². The molecule has 0 spiro atoms. The Labute approximate surface area is 522 Å². The van der Waals surface area contributed by atoms with Crippen molar-refractivity contribution in [3.8, 4) is 33.1 Å². The van der Waals surface area contributed by atoms with Gasteiger partial charge in [0.05, 0.1) is 44.4 Å². The number of hydrogen-bond acceptors (Lipinski definition) is 14. The highest BCUT2D eigenvalue weighted by molar-refractivity contribution is 7.22. The average molecular weight is 1250 g/mol. The van der Waals surface area contributed by atoms with Crippen LogP contribution in [0.2, 0.25) is 0 Å². The first-order valence-electron chi connectivity index (χ1n) is 29.5. The molecule has 0 saturated carbocycles. The Kier molecular flexibility index (Phi) is 18.5. The Bertz CT molecular complexity index is 3920. The molecule has 2 aliphatic rings. The minimum Gasteiger partial charge on any atom is -0.457 e. The maximum absolute atomic E-state index is 14.9. The number of para-hydroxylation sites is 1. The summed E-state index contributed by atoms with van der Waals surface area (Å²) in [7, 11) is 0. The minimum atomic E-state index is -4.81. The molecule has 0 aliphatic carbocycles. The molecule has 10 rings (SSSR count). The first-order valence-corrected chi connectivity index (χ1v) is 31.2. The number of anilines is 2. The minimum absolute atomic E-state index is 0.0646. The van der Waals surface area contributed by atoms with Crippen LogP contribution in [0.3, 0.4) is 0 Å². The van der Waals surface area contributed by atoms with Gasteiger partial charge in [-0.2, -0.15) is 13.2 Å². The van der Waals surface area contributed by atoms with Crippen molar-refractivity contribution in [2.45, 2.75) is 131 Å². The van der Waals surface area contributed by atoms with E-state index in [1.54, 1.807) is 72.2 Å². The number of pyridine rings is 1. The van der Waals surface area contributed by atoms with Gasteiger partial charge in [0.25, 0.3) is 5.91 Å². The zero-order chi connectivity index (χ0) is 63.7. The monoisotopic (exact) mass is 1250 g/mol. The first kappa shape index (κ1) is 63.5. The van der Waals surface area contributed by atoms with E-state index in [1.165, 1.54) is 51.8 Å². The van der Waals surface area contributed by atoms with E-state index in [2.05, 4.69) is 25.9 Å². The molecule has 4 amide bonds. The number of aromatic nitrogens is 3. The lowest BCUT2D eigenvalue weighted by atomic mass is 9.85. The predicted molar refractivity (Wildman–Crippen MR) is 339 cm³/mol. The number of carbonyl (C=O) groups excluding carboxylic acids is 5. The number of aliphatic hydroxyl groups excluding tert-OH is 1. The van der Waals surface area contributed by atoms with Crippen LogP contribution in [-0.2, 0) is 38.5 Å². The molecule has 1 saturated heterocycles. The number of halogens is 3. The standard InChI is InChI=1S/C68H71F3N8O8S2/c1-38-48(49-28-29-56(75-58(49)64(85)87-67(7,8)9)78-31-30-43-14-12-16-50(51(43)36-78)61(82)77-65-74-52-17-10-11-19-55(52)89-65)15-13-18-54(38)86-47-26-20-41(21-27-47)32-45(68(69,70)71)33-57(81)76-60(66(4,5)6)63(84)79-35-46(80)34-53(79)62(83)73-39(2)42-22-24-44(25-23-42)59-40(3)72-37-88-59/h10-29,37,39,45-46,53,60,80H,30-36H2,1-9H3,(H,73,83)(H,76,81)(H,74,77,82)/t39-,45-,46+,53-,60+/m0/s1. The van der Waals surface area contributed by atoms with Gasteiger partial charge in [0.2, 0.25) is 17.7 Å². The number of alkyl halides is 3. The average Bonchev–Trinajstić information content (AvgIpc) is 2.90. The molecule has 89 heavy (non-hydrogen) atoms. The summed E-state index contributed by atoms with van der Waals surface area (Å²) in [5.41, 5.74) is 7.85. The third kappa shape index (κ3) is 14.8. The summed E-state index contributed by atoms with van der Waals surface area (Å²) in [6.45, 7) is 16.6. The fraction of sp³-hybridized carbons (Fsp3) is 0.353. The molecular formula is C68H71F3N8O8S2. The lowest BCUT2D eigenvalue weighted by Crippen LogP contribution is -2.58.